The van der Waals surface area contributed by atoms with Crippen molar-refractivity contribution in [1.29, 1.82) is 0 Å². The minimum absolute atomic E-state index is 0.0817. The number of halogens is 1. The first-order chi connectivity index (χ1) is 56.9. The summed E-state index contributed by atoms with van der Waals surface area (Å²) in [5.74, 6) is 2.10. The van der Waals surface area contributed by atoms with Crippen LogP contribution in [0.15, 0.2) is 208 Å². The van der Waals surface area contributed by atoms with E-state index in [0.29, 0.717) is 64.8 Å². The van der Waals surface area contributed by atoms with Gasteiger partial charge in [-0.25, -0.2) is 39.3 Å². The predicted molar refractivity (Wildman–Crippen MR) is 465 cm³/mol. The van der Waals surface area contributed by atoms with Crippen LogP contribution in [-0.4, -0.2) is 86.3 Å². The van der Waals surface area contributed by atoms with Crippen LogP contribution in [0.2, 0.25) is 5.02 Å². The molecule has 5 N–H and O–H groups in total. The van der Waals surface area contributed by atoms with E-state index < -0.39 is 39.9 Å². The van der Waals surface area contributed by atoms with Crippen LogP contribution in [0.3, 0.4) is 0 Å². The van der Waals surface area contributed by atoms with E-state index >= 15 is 0 Å². The summed E-state index contributed by atoms with van der Waals surface area (Å²) in [6, 6.07) is 57.5. The van der Waals surface area contributed by atoms with Crippen molar-refractivity contribution in [2.45, 2.75) is 151 Å². The smallest absolute Gasteiger partial charge is 0.349 e. The molecule has 9 aromatic carbocycles. The Labute approximate surface area is 682 Å². The Morgan fingerprint density at radius 3 is 1.58 bits per heavy atom. The van der Waals surface area contributed by atoms with E-state index in [-0.39, 0.29) is 35.0 Å². The van der Waals surface area contributed by atoms with Gasteiger partial charge in [0.2, 0.25) is 0 Å². The number of hydrogen-bond donors (Lipinski definition) is 5. The zero-order chi connectivity index (χ0) is 82.7. The Bertz CT molecular complexity index is 7050. The maximum atomic E-state index is 12.5. The molecule has 0 spiro atoms. The fourth-order valence-electron chi connectivity index (χ4n) is 15.4. The maximum Gasteiger partial charge on any atom is 0.349 e. The molecule has 0 radical (unpaired) electrons. The molecule has 596 valence electrons. The minimum Gasteiger partial charge on any atom is -0.391 e. The van der Waals surface area contributed by atoms with Crippen molar-refractivity contribution in [3.8, 4) is 34.6 Å². The Morgan fingerprint density at radius 2 is 0.983 bits per heavy atom. The third kappa shape index (κ3) is 17.6. The van der Waals surface area contributed by atoms with Gasteiger partial charge in [0.1, 0.15) is 5.48 Å². The third-order valence-electron chi connectivity index (χ3n) is 22.0. The molecule has 7 aliphatic heterocycles. The van der Waals surface area contributed by atoms with Gasteiger partial charge in [-0.15, -0.1) is 0 Å². The minimum atomic E-state index is -0.757. The van der Waals surface area contributed by atoms with Crippen LogP contribution in [0.4, 0.5) is 17.2 Å². The van der Waals surface area contributed by atoms with Gasteiger partial charge in [0, 0.05) is 31.1 Å². The highest BCUT2D eigenvalue weighted by molar-refractivity contribution is 6.31. The van der Waals surface area contributed by atoms with Crippen molar-refractivity contribution in [2.24, 2.45) is 4.99 Å². The topological polar surface area (TPSA) is 324 Å². The van der Waals surface area contributed by atoms with Gasteiger partial charge in [-0.2, -0.15) is 15.0 Å². The largest absolute Gasteiger partial charge is 0.391 e. The van der Waals surface area contributed by atoms with E-state index in [1.165, 1.54) is 40.7 Å². The average Bonchev–Trinajstić information content (AvgIpc) is 0.993. The summed E-state index contributed by atoms with van der Waals surface area (Å²) < 4.78 is 5.60. The monoisotopic (exact) mass is 1590 g/mol. The van der Waals surface area contributed by atoms with Gasteiger partial charge < -0.3 is 28.7 Å². The van der Waals surface area contributed by atoms with Crippen LogP contribution in [0, 0.1) is 48.5 Å². The molecule has 1 aromatic heterocycles. The van der Waals surface area contributed by atoms with E-state index in [1.807, 2.05) is 129 Å². The summed E-state index contributed by atoms with van der Waals surface area (Å²) in [7, 11) is 0. The lowest BCUT2D eigenvalue weighted by Gasteiger charge is -2.29. The van der Waals surface area contributed by atoms with Crippen LogP contribution < -0.4 is 55.0 Å². The Balaban J connectivity index is 0.000000123. The van der Waals surface area contributed by atoms with Crippen LogP contribution in [-0.2, 0) is 51.7 Å². The molecule has 18 rings (SSSR count). The lowest BCUT2D eigenvalue weighted by molar-refractivity contribution is 0.156. The maximum absolute atomic E-state index is 12.5. The molecule has 25 heteroatoms. The molecule has 1 saturated carbocycles. The molecule has 0 saturated heterocycles. The summed E-state index contributed by atoms with van der Waals surface area (Å²) in [5.41, 5.74) is 18.5. The van der Waals surface area contributed by atoms with Gasteiger partial charge in [0.05, 0.1) is 57.1 Å². The van der Waals surface area contributed by atoms with E-state index in [4.69, 9.17) is 11.6 Å². The summed E-state index contributed by atoms with van der Waals surface area (Å²) in [4.78, 5) is 131. The van der Waals surface area contributed by atoms with Gasteiger partial charge in [-0.05, 0) is 244 Å². The molecule has 10 aromatic rings. The second kappa shape index (κ2) is 34.2. The number of fused-ring (bicyclic) bond motifs is 9. The molecule has 0 amide bonds. The highest BCUT2D eigenvalue weighted by Gasteiger charge is 2.31. The summed E-state index contributed by atoms with van der Waals surface area (Å²) >= 11 is 6.24. The number of H-pyrrole nitrogens is 4. The highest BCUT2D eigenvalue weighted by Crippen LogP contribution is 2.46. The number of anilines is 2. The molecule has 8 aliphatic rings. The number of hydrogen-bond acceptors (Lipinski definition) is 17. The van der Waals surface area contributed by atoms with Crippen molar-refractivity contribution in [2.75, 3.05) is 11.4 Å². The van der Waals surface area contributed by atoms with Crippen molar-refractivity contribution < 1.29 is 5.11 Å². The van der Waals surface area contributed by atoms with Crippen molar-refractivity contribution in [1.82, 2.24) is 68.5 Å². The molecule has 0 bridgehead atoms. The number of rotatable bonds is 18. The zero-order valence-corrected chi connectivity index (χ0v) is 67.7. The number of nitrogens with one attached hydrogen (secondary N) is 4. The predicted octanol–water partition coefficient (Wildman–Crippen LogP) is 13.2. The van der Waals surface area contributed by atoms with Crippen molar-refractivity contribution in [3.05, 3.63) is 331 Å². The van der Waals surface area contributed by atoms with Gasteiger partial charge in [0.25, 0.3) is 22.2 Å². The molecule has 1 atom stereocenters. The molecule has 1 aliphatic carbocycles. The van der Waals surface area contributed by atoms with E-state index in [1.54, 1.807) is 4.57 Å². The standard InChI is InChI=1S/C25H22N4O3.C24H24N4O.C22H21ClN4O2.C22H22N4O2/c1-14-9-20-21(10-15(14)2)29(23-22(26-20)24(31)28-25(32)27-23)13-19(30)12-16-7-8-17-5-3-4-6-18(17)11-16;1-15-13-20-21(14-19(15)18-10-11-18)28(12-6-9-17-7-4-3-5-8-17)23-22(27-20)24(29)26-16(2)25-23;1-12-6-7-15(11-16(12)23)5-4-8-27-18-10-14(3)13(2)9-17(18)24-19-20(27)25-22(29)26-21(19)28;1-3-15-9-10-18-17(13-15)23-19-20(24-22(28)25-21(19)27)26(18)11-5-8-16-7-4-6-14(2)12-16/h3-11,19,30H,12-13H2,1-2H3,(H,28,31,32);3-5,7-8,13-14,18H,2,6,9-12H2,1H3,(H,26,29);6-7,9-11H,4-5,8H2,1-3H3,(H,26,28,29);4,6-7,9-10,12-13H,3,5,8,11H2,1-2H3,(H,25,27,28). The molecule has 118 heavy (non-hydrogen) atoms. The zero-order valence-electron chi connectivity index (χ0n) is 67.0. The Morgan fingerprint density at radius 1 is 0.458 bits per heavy atom. The lowest BCUT2D eigenvalue weighted by atomic mass is 10.0. The Kier molecular flexibility index (Phi) is 23.2. The number of aliphatic hydroxyl groups is 1. The average molecular weight is 1590 g/mol. The third-order valence-corrected chi connectivity index (χ3v) is 22.4. The fourth-order valence-corrected chi connectivity index (χ4v) is 15.6. The number of aryl methyl sites for hydroxylation is 13. The number of aliphatic hydroxyl groups excluding tert-OH is 1. The number of nitrogens with zero attached hydrogens (tertiary/aromatic N) is 12. The van der Waals surface area contributed by atoms with Crippen LogP contribution in [0.25, 0.3) is 85.0 Å². The van der Waals surface area contributed by atoms with E-state index in [0.717, 1.165) is 145 Å². The molecule has 24 nitrogen and oxygen atoms in total. The highest BCUT2D eigenvalue weighted by atomic mass is 35.5. The van der Waals surface area contributed by atoms with Gasteiger partial charge in [0.15, 0.2) is 45.7 Å². The van der Waals surface area contributed by atoms with Gasteiger partial charge in [-0.3, -0.25) is 34.1 Å². The van der Waals surface area contributed by atoms with Crippen LogP contribution in [0.5, 0.6) is 0 Å². The number of aromatic nitrogens is 14. The normalized spacial score (nSPS) is 12.6. The molecular formula is C93H89ClN16O8. The van der Waals surface area contributed by atoms with E-state index in [9.17, 15) is 38.7 Å². The quantitative estimate of drug-likeness (QED) is 0.0498. The second-order valence-electron chi connectivity index (χ2n) is 30.7. The van der Waals surface area contributed by atoms with Crippen LogP contribution in [0.1, 0.15) is 117 Å². The summed E-state index contributed by atoms with van der Waals surface area (Å²) in [5, 5.41) is 14.4. The first kappa shape index (κ1) is 79.9. The molecular weight excluding hydrogens is 1500 g/mol. The summed E-state index contributed by atoms with van der Waals surface area (Å²) in [6.07, 6.45) is 8.36. The number of benzene rings is 9. The summed E-state index contributed by atoms with van der Waals surface area (Å²) in [6.45, 7) is 22.3. The Hall–Kier alpha value is -13.3. The first-order valence-corrected chi connectivity index (χ1v) is 40.1. The van der Waals surface area contributed by atoms with Crippen LogP contribution >= 0.6 is 11.6 Å². The van der Waals surface area contributed by atoms with Gasteiger partial charge >= 0.3 is 17.1 Å². The molecule has 1 unspecified atom stereocenters. The van der Waals surface area contributed by atoms with Crippen molar-refractivity contribution >= 4 is 79.2 Å². The SMILES string of the molecule is C=c1nc2c(c(=O)[nH]1)=Nc1cc(C)c(C3CC3)cc1N2CCCc1ccccc1.CCc1ccc2c(c1)nc1c(=O)[nH]c(=O)nc-1n2CCCc1cccc(C)c1.Cc1cc2nc3c(=O)[nH]c(=O)nc-3n(CC(O)Cc3ccc4ccccc4c3)c2cc1C.Cc1cc2nc3c(=O)[nH]c(=O)nc-3n(CCCc3ccc(C)c(Cl)c3)c2cc1C. The molecule has 1 fully saturated rings. The first-order valence-electron chi connectivity index (χ1n) is 39.7. The lowest BCUT2D eigenvalue weighted by Crippen LogP contribution is -2.42. The van der Waals surface area contributed by atoms with Crippen molar-refractivity contribution in [3.63, 3.8) is 0 Å². The van der Waals surface area contributed by atoms with E-state index in [2.05, 4.69) is 177 Å². The number of aromatic amines is 4. The molecule has 8 heterocycles. The van der Waals surface area contributed by atoms with Gasteiger partial charge in [-0.1, -0.05) is 146 Å². The second-order valence-corrected chi connectivity index (χ2v) is 31.1. The fraction of sp³-hybridized carbons (Fsp3) is 0.258.